The molecule has 0 spiro atoms. The molecule has 0 saturated heterocycles. The third-order valence-corrected chi connectivity index (χ3v) is 5.37. The van der Waals surface area contributed by atoms with E-state index in [9.17, 15) is 9.18 Å². The average Bonchev–Trinajstić information content (AvgIpc) is 3.10. The smallest absolute Gasteiger partial charge is 0.234 e. The molecule has 0 saturated carbocycles. The topological polar surface area (TPSA) is 71.8 Å². The Morgan fingerprint density at radius 1 is 1.14 bits per heavy atom. The van der Waals surface area contributed by atoms with Crippen molar-refractivity contribution in [1.29, 1.82) is 0 Å². The Labute approximate surface area is 173 Å². The highest BCUT2D eigenvalue weighted by Gasteiger charge is 2.13. The average molecular weight is 414 g/mol. The molecule has 3 rings (SSSR count). The summed E-state index contributed by atoms with van der Waals surface area (Å²) in [5.74, 6) is 0.649. The van der Waals surface area contributed by atoms with Gasteiger partial charge in [0, 0.05) is 17.9 Å². The molecular formula is C21H24FN5OS. The Hall–Kier alpha value is -2.87. The Balaban J connectivity index is 1.58. The molecule has 1 aromatic heterocycles. The highest BCUT2D eigenvalue weighted by atomic mass is 32.2. The van der Waals surface area contributed by atoms with E-state index in [0.717, 1.165) is 28.3 Å². The number of aromatic nitrogens is 3. The number of nitrogens with zero attached hydrogens (tertiary/aromatic N) is 3. The lowest BCUT2D eigenvalue weighted by Gasteiger charge is -2.10. The van der Waals surface area contributed by atoms with Crippen molar-refractivity contribution in [3.63, 3.8) is 0 Å². The highest BCUT2D eigenvalue weighted by molar-refractivity contribution is 7.99. The van der Waals surface area contributed by atoms with Crippen molar-refractivity contribution in [1.82, 2.24) is 14.8 Å². The number of anilines is 2. The van der Waals surface area contributed by atoms with Crippen molar-refractivity contribution in [3.8, 4) is 0 Å². The zero-order valence-electron chi connectivity index (χ0n) is 16.7. The van der Waals surface area contributed by atoms with Crippen LogP contribution in [-0.4, -0.2) is 26.4 Å². The third-order valence-electron chi connectivity index (χ3n) is 4.40. The van der Waals surface area contributed by atoms with Gasteiger partial charge in [0.05, 0.1) is 12.3 Å². The molecule has 152 valence electrons. The fourth-order valence-corrected chi connectivity index (χ4v) is 3.63. The van der Waals surface area contributed by atoms with Crippen LogP contribution in [0.4, 0.5) is 15.8 Å². The summed E-state index contributed by atoms with van der Waals surface area (Å²) < 4.78 is 15.0. The number of halogens is 1. The summed E-state index contributed by atoms with van der Waals surface area (Å²) in [5.41, 5.74) is 3.76. The molecule has 0 bridgehead atoms. The number of rotatable bonds is 8. The highest BCUT2D eigenvalue weighted by Crippen LogP contribution is 2.20. The van der Waals surface area contributed by atoms with E-state index in [2.05, 4.69) is 20.8 Å². The van der Waals surface area contributed by atoms with Crippen LogP contribution >= 0.6 is 11.8 Å². The van der Waals surface area contributed by atoms with E-state index < -0.39 is 0 Å². The second-order valence-electron chi connectivity index (χ2n) is 6.66. The van der Waals surface area contributed by atoms with Crippen molar-refractivity contribution >= 4 is 29.0 Å². The molecular weight excluding hydrogens is 389 g/mol. The molecule has 0 fully saturated rings. The van der Waals surface area contributed by atoms with Gasteiger partial charge >= 0.3 is 0 Å². The molecule has 1 amide bonds. The van der Waals surface area contributed by atoms with Gasteiger partial charge in [-0.05, 0) is 62.2 Å². The van der Waals surface area contributed by atoms with Gasteiger partial charge in [-0.15, -0.1) is 10.2 Å². The minimum absolute atomic E-state index is 0.0830. The summed E-state index contributed by atoms with van der Waals surface area (Å²) in [7, 11) is 0. The Kier molecular flexibility index (Phi) is 6.87. The Bertz CT molecular complexity index is 987. The number of hydrogen-bond donors (Lipinski definition) is 2. The molecule has 0 atom stereocenters. The van der Waals surface area contributed by atoms with E-state index in [1.807, 2.05) is 43.5 Å². The predicted molar refractivity (Wildman–Crippen MR) is 115 cm³/mol. The minimum Gasteiger partial charge on any atom is -0.378 e. The molecule has 0 radical (unpaired) electrons. The molecule has 0 unspecified atom stereocenters. The Morgan fingerprint density at radius 2 is 1.90 bits per heavy atom. The quantitative estimate of drug-likeness (QED) is 0.536. The number of hydrogen-bond acceptors (Lipinski definition) is 5. The summed E-state index contributed by atoms with van der Waals surface area (Å²) in [5, 5.41) is 15.3. The lowest BCUT2D eigenvalue weighted by molar-refractivity contribution is -0.113. The summed E-state index contributed by atoms with van der Waals surface area (Å²) in [6.45, 7) is 7.12. The SMILES string of the molecule is CCn1c(CNc2ccc(F)cc2)nnc1SCC(=O)Nc1cc(C)ccc1C. The van der Waals surface area contributed by atoms with Crippen molar-refractivity contribution in [3.05, 3.63) is 65.2 Å². The molecule has 29 heavy (non-hydrogen) atoms. The first-order valence-electron chi connectivity index (χ1n) is 9.37. The van der Waals surface area contributed by atoms with Crippen LogP contribution in [0.1, 0.15) is 23.9 Å². The molecule has 0 aliphatic heterocycles. The van der Waals surface area contributed by atoms with E-state index in [4.69, 9.17) is 0 Å². The van der Waals surface area contributed by atoms with Crippen LogP contribution in [0.15, 0.2) is 47.6 Å². The minimum atomic E-state index is -0.273. The molecule has 2 aromatic carbocycles. The maximum atomic E-state index is 13.0. The molecule has 2 N–H and O–H groups in total. The van der Waals surface area contributed by atoms with Gasteiger partial charge in [0.15, 0.2) is 11.0 Å². The number of aryl methyl sites for hydroxylation is 2. The maximum absolute atomic E-state index is 13.0. The van der Waals surface area contributed by atoms with Crippen molar-refractivity contribution in [2.75, 3.05) is 16.4 Å². The van der Waals surface area contributed by atoms with E-state index in [1.165, 1.54) is 23.9 Å². The van der Waals surface area contributed by atoms with Gasteiger partial charge in [0.2, 0.25) is 5.91 Å². The lowest BCUT2D eigenvalue weighted by Crippen LogP contribution is -2.15. The third kappa shape index (κ3) is 5.57. The number of carbonyl (C=O) groups is 1. The molecule has 6 nitrogen and oxygen atoms in total. The standard InChI is InChI=1S/C21H24FN5OS/c1-4-27-19(12-23-17-9-7-16(22)8-10-17)25-26-21(27)29-13-20(28)24-18-11-14(2)5-6-15(18)3/h5-11,23H,4,12-13H2,1-3H3,(H,24,28). The number of nitrogens with one attached hydrogen (secondary N) is 2. The Morgan fingerprint density at radius 3 is 2.62 bits per heavy atom. The monoisotopic (exact) mass is 413 g/mol. The molecule has 0 aliphatic rings. The van der Waals surface area contributed by atoms with Crippen LogP contribution in [-0.2, 0) is 17.9 Å². The molecule has 0 aliphatic carbocycles. The van der Waals surface area contributed by atoms with Gasteiger partial charge in [-0.25, -0.2) is 4.39 Å². The second-order valence-corrected chi connectivity index (χ2v) is 7.60. The molecule has 1 heterocycles. The first-order chi connectivity index (χ1) is 14.0. The molecule has 3 aromatic rings. The summed E-state index contributed by atoms with van der Waals surface area (Å²) in [4.78, 5) is 12.4. The van der Waals surface area contributed by atoms with Gasteiger partial charge in [-0.2, -0.15) is 0 Å². The number of benzene rings is 2. The van der Waals surface area contributed by atoms with Gasteiger partial charge in [-0.3, -0.25) is 4.79 Å². The van der Waals surface area contributed by atoms with E-state index in [-0.39, 0.29) is 17.5 Å². The van der Waals surface area contributed by atoms with Crippen LogP contribution < -0.4 is 10.6 Å². The van der Waals surface area contributed by atoms with E-state index >= 15 is 0 Å². The zero-order valence-corrected chi connectivity index (χ0v) is 17.5. The van der Waals surface area contributed by atoms with Gasteiger partial charge in [-0.1, -0.05) is 23.9 Å². The summed E-state index contributed by atoms with van der Waals surface area (Å²) >= 11 is 1.35. The number of thioether (sulfide) groups is 1. The largest absolute Gasteiger partial charge is 0.378 e. The van der Waals surface area contributed by atoms with Crippen molar-refractivity contribution < 1.29 is 9.18 Å². The predicted octanol–water partition coefficient (Wildman–Crippen LogP) is 4.40. The zero-order chi connectivity index (χ0) is 20.8. The van der Waals surface area contributed by atoms with Crippen LogP contribution in [0.3, 0.4) is 0 Å². The van der Waals surface area contributed by atoms with Crippen LogP contribution in [0, 0.1) is 19.7 Å². The van der Waals surface area contributed by atoms with Crippen molar-refractivity contribution in [2.24, 2.45) is 0 Å². The van der Waals surface area contributed by atoms with Gasteiger partial charge in [0.1, 0.15) is 5.82 Å². The van der Waals surface area contributed by atoms with Crippen molar-refractivity contribution in [2.45, 2.75) is 39.0 Å². The number of carbonyl (C=O) groups excluding carboxylic acids is 1. The first kappa shape index (κ1) is 20.9. The first-order valence-corrected chi connectivity index (χ1v) is 10.4. The fraction of sp³-hybridized carbons (Fsp3) is 0.286. The van der Waals surface area contributed by atoms with Crippen LogP contribution in [0.2, 0.25) is 0 Å². The summed E-state index contributed by atoms with van der Waals surface area (Å²) in [6, 6.07) is 12.1. The summed E-state index contributed by atoms with van der Waals surface area (Å²) in [6.07, 6.45) is 0. The maximum Gasteiger partial charge on any atom is 0.234 e. The fourth-order valence-electron chi connectivity index (χ4n) is 2.81. The van der Waals surface area contributed by atoms with E-state index in [0.29, 0.717) is 18.2 Å². The number of amides is 1. The van der Waals surface area contributed by atoms with Crippen LogP contribution in [0.25, 0.3) is 0 Å². The van der Waals surface area contributed by atoms with Gasteiger partial charge < -0.3 is 15.2 Å². The second kappa shape index (κ2) is 9.56. The van der Waals surface area contributed by atoms with Crippen LogP contribution in [0.5, 0.6) is 0 Å². The van der Waals surface area contributed by atoms with E-state index in [1.54, 1.807) is 12.1 Å². The molecule has 8 heteroatoms. The normalized spacial score (nSPS) is 10.8. The lowest BCUT2D eigenvalue weighted by atomic mass is 10.1. The van der Waals surface area contributed by atoms with Gasteiger partial charge in [0.25, 0.3) is 0 Å².